The van der Waals surface area contributed by atoms with Crippen molar-refractivity contribution in [1.29, 1.82) is 0 Å². The lowest BCUT2D eigenvalue weighted by atomic mass is 9.79. The van der Waals surface area contributed by atoms with Crippen molar-refractivity contribution in [3.05, 3.63) is 22.2 Å². The molecule has 0 bridgehead atoms. The second-order valence-corrected chi connectivity index (χ2v) is 3.73. The summed E-state index contributed by atoms with van der Waals surface area (Å²) in [5, 5.41) is 18.1. The molecule has 8 heteroatoms. The van der Waals surface area contributed by atoms with Crippen molar-refractivity contribution in [2.24, 2.45) is 0 Å². The lowest BCUT2D eigenvalue weighted by Crippen LogP contribution is -2.32. The minimum atomic E-state index is -2.68. The van der Waals surface area contributed by atoms with E-state index in [0.717, 1.165) is 0 Å². The molecule has 88 valence electrons. The molecule has 0 spiro atoms. The van der Waals surface area contributed by atoms with Crippen LogP contribution in [0, 0.1) is 0 Å². The Morgan fingerprint density at radius 2 is 1.94 bits per heavy atom. The molecular weight excluding hydrogens is 264 g/mol. The Hall–Kier alpha value is -0.555. The first-order valence-corrected chi connectivity index (χ1v) is 4.93. The van der Waals surface area contributed by atoms with Crippen LogP contribution in [0.3, 0.4) is 0 Å². The summed E-state index contributed by atoms with van der Waals surface area (Å²) in [6, 6.07) is 2.44. The van der Waals surface area contributed by atoms with E-state index in [1.807, 2.05) is 0 Å². The molecule has 0 amide bonds. The minimum Gasteiger partial charge on any atom is -0.486 e. The Labute approximate surface area is 101 Å². The highest BCUT2D eigenvalue weighted by Gasteiger charge is 2.21. The van der Waals surface area contributed by atoms with E-state index < -0.39 is 20.2 Å². The first-order chi connectivity index (χ1) is 7.41. The van der Waals surface area contributed by atoms with Gasteiger partial charge in [0.15, 0.2) is 0 Å². The van der Waals surface area contributed by atoms with E-state index >= 15 is 0 Å². The number of alkyl halides is 2. The van der Waals surface area contributed by atoms with Crippen LogP contribution >= 0.6 is 23.2 Å². The van der Waals surface area contributed by atoms with Crippen molar-refractivity contribution in [1.82, 2.24) is 0 Å². The summed E-state index contributed by atoms with van der Waals surface area (Å²) >= 11 is 11.3. The molecule has 1 rings (SSSR count). The van der Waals surface area contributed by atoms with Crippen LogP contribution in [-0.2, 0) is 0 Å². The zero-order chi connectivity index (χ0) is 12.3. The smallest absolute Gasteiger partial charge is 0.486 e. The van der Waals surface area contributed by atoms with Crippen LogP contribution in [-0.4, -0.2) is 30.2 Å². The van der Waals surface area contributed by atoms with Crippen molar-refractivity contribution in [3.63, 3.8) is 0 Å². The van der Waals surface area contributed by atoms with Crippen LogP contribution in [0.25, 0.3) is 0 Å². The topological polar surface area (TPSA) is 49.7 Å². The van der Waals surface area contributed by atoms with E-state index in [4.69, 9.17) is 33.2 Å². The third kappa shape index (κ3) is 3.48. The van der Waals surface area contributed by atoms with Crippen molar-refractivity contribution in [2.45, 2.75) is 6.43 Å². The van der Waals surface area contributed by atoms with E-state index in [1.54, 1.807) is 0 Å². The number of hydrogen-bond donors (Lipinski definition) is 2. The maximum absolute atomic E-state index is 11.9. The molecule has 1 aromatic rings. The molecule has 3 nitrogen and oxygen atoms in total. The van der Waals surface area contributed by atoms with Crippen molar-refractivity contribution >= 4 is 35.8 Å². The van der Waals surface area contributed by atoms with Crippen LogP contribution < -0.4 is 10.2 Å². The fourth-order valence-electron chi connectivity index (χ4n) is 1.07. The lowest BCUT2D eigenvalue weighted by molar-refractivity contribution is 0.0823. The van der Waals surface area contributed by atoms with Crippen LogP contribution in [0.5, 0.6) is 5.75 Å². The van der Waals surface area contributed by atoms with Gasteiger partial charge >= 0.3 is 7.12 Å². The summed E-state index contributed by atoms with van der Waals surface area (Å²) in [5.41, 5.74) is -0.154. The van der Waals surface area contributed by atoms with Gasteiger partial charge in [-0.25, -0.2) is 8.78 Å². The highest BCUT2D eigenvalue weighted by atomic mass is 35.5. The summed E-state index contributed by atoms with van der Waals surface area (Å²) in [6.07, 6.45) is -2.68. The maximum atomic E-state index is 11.9. The van der Waals surface area contributed by atoms with Crippen LogP contribution in [0.4, 0.5) is 8.78 Å². The summed E-state index contributed by atoms with van der Waals surface area (Å²) in [5.74, 6) is -0.207. The molecule has 0 radical (unpaired) electrons. The van der Waals surface area contributed by atoms with Crippen molar-refractivity contribution in [2.75, 3.05) is 6.61 Å². The molecule has 0 saturated heterocycles. The predicted molar refractivity (Wildman–Crippen MR) is 57.8 cm³/mol. The Kier molecular flexibility index (Phi) is 4.79. The number of rotatable bonds is 4. The van der Waals surface area contributed by atoms with Gasteiger partial charge in [0.05, 0.1) is 5.02 Å². The average Bonchev–Trinajstić information content (AvgIpc) is 2.14. The third-order valence-electron chi connectivity index (χ3n) is 1.67. The normalized spacial score (nSPS) is 10.7. The van der Waals surface area contributed by atoms with Crippen LogP contribution in [0.15, 0.2) is 12.1 Å². The Balaban J connectivity index is 3.04. The van der Waals surface area contributed by atoms with Crippen molar-refractivity contribution in [3.8, 4) is 5.75 Å². The number of ether oxygens (including phenoxy) is 1. The van der Waals surface area contributed by atoms with Gasteiger partial charge in [-0.15, -0.1) is 0 Å². The Bertz CT molecular complexity index is 377. The van der Waals surface area contributed by atoms with Gasteiger partial charge in [0.2, 0.25) is 0 Å². The molecule has 1 aromatic carbocycles. The van der Waals surface area contributed by atoms with Gasteiger partial charge in [0.1, 0.15) is 12.4 Å². The highest BCUT2D eigenvalue weighted by Crippen LogP contribution is 2.26. The first-order valence-electron chi connectivity index (χ1n) is 4.18. The highest BCUT2D eigenvalue weighted by molar-refractivity contribution is 6.61. The Morgan fingerprint density at radius 3 is 2.44 bits per heavy atom. The summed E-state index contributed by atoms with van der Waals surface area (Å²) < 4.78 is 28.6. The van der Waals surface area contributed by atoms with E-state index in [0.29, 0.717) is 0 Å². The second kappa shape index (κ2) is 5.68. The largest absolute Gasteiger partial charge is 0.492 e. The third-order valence-corrected chi connectivity index (χ3v) is 2.17. The van der Waals surface area contributed by atoms with E-state index in [-0.39, 0.29) is 21.3 Å². The van der Waals surface area contributed by atoms with Gasteiger partial charge in [-0.1, -0.05) is 23.2 Å². The fourth-order valence-corrected chi connectivity index (χ4v) is 1.63. The predicted octanol–water partition coefficient (Wildman–Crippen LogP) is 1.32. The SMILES string of the molecule is OB(O)c1cc(Cl)cc(Cl)c1OCC(F)F. The molecule has 0 aliphatic carbocycles. The van der Waals surface area contributed by atoms with E-state index in [2.05, 4.69) is 4.74 Å². The molecule has 0 aliphatic rings. The minimum absolute atomic E-state index is 0.0590. The second-order valence-electron chi connectivity index (χ2n) is 2.88. The summed E-state index contributed by atoms with van der Waals surface area (Å²) in [7, 11) is -1.90. The molecule has 0 unspecified atom stereocenters. The summed E-state index contributed by atoms with van der Waals surface area (Å²) in [6.45, 7) is -0.888. The van der Waals surface area contributed by atoms with Crippen LogP contribution in [0.2, 0.25) is 10.0 Å². The zero-order valence-corrected chi connectivity index (χ0v) is 9.34. The molecule has 0 fully saturated rings. The monoisotopic (exact) mass is 270 g/mol. The van der Waals surface area contributed by atoms with Crippen molar-refractivity contribution < 1.29 is 23.6 Å². The number of benzene rings is 1. The van der Waals surface area contributed by atoms with Gasteiger partial charge in [0.25, 0.3) is 6.43 Å². The van der Waals surface area contributed by atoms with Gasteiger partial charge in [-0.2, -0.15) is 0 Å². The maximum Gasteiger partial charge on any atom is 0.492 e. The molecule has 0 heterocycles. The fraction of sp³-hybridized carbons (Fsp3) is 0.250. The van der Waals surface area contributed by atoms with Gasteiger partial charge in [0, 0.05) is 10.5 Å². The zero-order valence-electron chi connectivity index (χ0n) is 7.83. The number of halogens is 4. The molecule has 0 saturated carbocycles. The first kappa shape index (κ1) is 13.5. The van der Waals surface area contributed by atoms with Crippen LogP contribution in [0.1, 0.15) is 0 Å². The van der Waals surface area contributed by atoms with Gasteiger partial charge < -0.3 is 14.8 Å². The average molecular weight is 271 g/mol. The molecule has 2 N–H and O–H groups in total. The standard InChI is InChI=1S/C8H7BCl2F2O3/c10-4-1-5(9(14)15)8(6(11)2-4)16-3-7(12)13/h1-2,7,14-15H,3H2. The molecule has 0 aliphatic heterocycles. The van der Waals surface area contributed by atoms with E-state index in [1.165, 1.54) is 12.1 Å². The van der Waals surface area contributed by atoms with E-state index in [9.17, 15) is 8.78 Å². The molecule has 0 atom stereocenters. The molecule has 0 aromatic heterocycles. The lowest BCUT2D eigenvalue weighted by Gasteiger charge is -2.12. The summed E-state index contributed by atoms with van der Waals surface area (Å²) in [4.78, 5) is 0. The molecular formula is C8H7BCl2F2O3. The number of hydrogen-bond acceptors (Lipinski definition) is 3. The van der Waals surface area contributed by atoms with Gasteiger partial charge in [-0.3, -0.25) is 0 Å². The quantitative estimate of drug-likeness (QED) is 0.812. The van der Waals surface area contributed by atoms with Gasteiger partial charge in [-0.05, 0) is 12.1 Å². The molecule has 16 heavy (non-hydrogen) atoms. The Morgan fingerprint density at radius 1 is 1.31 bits per heavy atom.